The molecule has 1 fully saturated rings. The first-order valence-corrected chi connectivity index (χ1v) is 9.41. The molecule has 1 N–H and O–H groups in total. The second-order valence-corrected chi connectivity index (χ2v) is 8.75. The Balaban J connectivity index is 1.79. The molecule has 22 heavy (non-hydrogen) atoms. The molecule has 1 saturated carbocycles. The Labute approximate surface area is 140 Å². The fourth-order valence-electron chi connectivity index (χ4n) is 1.90. The van der Waals surface area contributed by atoms with E-state index in [0.717, 1.165) is 11.8 Å². The van der Waals surface area contributed by atoms with E-state index >= 15 is 0 Å². The molecule has 1 aliphatic rings. The van der Waals surface area contributed by atoms with Gasteiger partial charge in [0.1, 0.15) is 4.33 Å². The van der Waals surface area contributed by atoms with Gasteiger partial charge in [-0.1, -0.05) is 12.1 Å². The summed E-state index contributed by atoms with van der Waals surface area (Å²) >= 11 is 11.7. The highest BCUT2D eigenvalue weighted by Gasteiger charge is 2.52. The lowest BCUT2D eigenvalue weighted by Crippen LogP contribution is -2.24. The summed E-state index contributed by atoms with van der Waals surface area (Å²) in [5, 5.41) is 0. The standard InChI is InChI=1S/C14H17Cl2NO4S/c1-22(19,20)17-7-6-10-2-4-11(5-3-10)13(18)21-9-12-8-14(12,15)16/h2-5,12,17H,6-9H2,1H3. The SMILES string of the molecule is CS(=O)(=O)NCCc1ccc(C(=O)OCC2CC2(Cl)Cl)cc1. The van der Waals surface area contributed by atoms with Crippen LogP contribution in [0.2, 0.25) is 0 Å². The summed E-state index contributed by atoms with van der Waals surface area (Å²) in [6, 6.07) is 6.84. The van der Waals surface area contributed by atoms with Crippen molar-refractivity contribution in [2.45, 2.75) is 17.2 Å². The molecule has 2 rings (SSSR count). The number of benzene rings is 1. The maximum atomic E-state index is 11.8. The largest absolute Gasteiger partial charge is 0.462 e. The maximum absolute atomic E-state index is 11.8. The molecule has 0 spiro atoms. The lowest BCUT2D eigenvalue weighted by molar-refractivity contribution is 0.0485. The predicted octanol–water partition coefficient (Wildman–Crippen LogP) is 2.13. The maximum Gasteiger partial charge on any atom is 0.338 e. The number of esters is 1. The fourth-order valence-corrected chi connectivity index (χ4v) is 2.87. The number of nitrogens with one attached hydrogen (secondary N) is 1. The Morgan fingerprint density at radius 3 is 2.45 bits per heavy atom. The van der Waals surface area contributed by atoms with E-state index in [1.54, 1.807) is 24.3 Å². The van der Waals surface area contributed by atoms with Gasteiger partial charge in [-0.15, -0.1) is 23.2 Å². The summed E-state index contributed by atoms with van der Waals surface area (Å²) in [4.78, 5) is 11.8. The molecule has 8 heteroatoms. The smallest absolute Gasteiger partial charge is 0.338 e. The number of halogens is 2. The molecule has 0 radical (unpaired) electrons. The third-order valence-electron chi connectivity index (χ3n) is 3.34. The normalized spacial score (nSPS) is 19.7. The first-order chi connectivity index (χ1) is 10.2. The summed E-state index contributed by atoms with van der Waals surface area (Å²) in [6.45, 7) is 0.531. The van der Waals surface area contributed by atoms with Crippen LogP contribution in [0.4, 0.5) is 0 Å². The number of alkyl halides is 2. The summed E-state index contributed by atoms with van der Waals surface area (Å²) in [6.07, 6.45) is 2.30. The van der Waals surface area contributed by atoms with Crippen LogP contribution in [0.25, 0.3) is 0 Å². The number of hydrogen-bond donors (Lipinski definition) is 1. The van der Waals surface area contributed by atoms with Gasteiger partial charge in [-0.25, -0.2) is 17.9 Å². The van der Waals surface area contributed by atoms with E-state index in [-0.39, 0.29) is 12.5 Å². The third kappa shape index (κ3) is 5.43. The molecule has 1 aliphatic carbocycles. The third-order valence-corrected chi connectivity index (χ3v) is 4.99. The van der Waals surface area contributed by atoms with E-state index in [0.29, 0.717) is 24.9 Å². The minimum absolute atomic E-state index is 0.00104. The van der Waals surface area contributed by atoms with Gasteiger partial charge >= 0.3 is 5.97 Å². The van der Waals surface area contributed by atoms with Gasteiger partial charge in [0.15, 0.2) is 0 Å². The van der Waals surface area contributed by atoms with Crippen LogP contribution in [0.1, 0.15) is 22.3 Å². The number of carbonyl (C=O) groups excluding carboxylic acids is 1. The van der Waals surface area contributed by atoms with Crippen molar-refractivity contribution in [3.63, 3.8) is 0 Å². The van der Waals surface area contributed by atoms with E-state index in [2.05, 4.69) is 4.72 Å². The summed E-state index contributed by atoms with van der Waals surface area (Å²) < 4.78 is 28.7. The molecule has 0 bridgehead atoms. The Morgan fingerprint density at radius 2 is 1.95 bits per heavy atom. The predicted molar refractivity (Wildman–Crippen MR) is 85.8 cm³/mol. The van der Waals surface area contributed by atoms with Crippen LogP contribution in [-0.2, 0) is 21.2 Å². The summed E-state index contributed by atoms with van der Waals surface area (Å²) in [7, 11) is -3.18. The van der Waals surface area contributed by atoms with Crippen LogP contribution in [-0.4, -0.2) is 38.1 Å². The molecule has 1 aromatic rings. The summed E-state index contributed by atoms with van der Waals surface area (Å²) in [5.41, 5.74) is 1.37. The van der Waals surface area contributed by atoms with Crippen molar-refractivity contribution in [2.24, 2.45) is 5.92 Å². The lowest BCUT2D eigenvalue weighted by atomic mass is 10.1. The summed E-state index contributed by atoms with van der Waals surface area (Å²) in [5.74, 6) is -0.419. The Hall–Kier alpha value is -0.820. The molecular weight excluding hydrogens is 349 g/mol. The minimum atomic E-state index is -3.18. The Kier molecular flexibility index (Phi) is 5.37. The van der Waals surface area contributed by atoms with Crippen molar-refractivity contribution in [3.05, 3.63) is 35.4 Å². The molecule has 0 amide bonds. The van der Waals surface area contributed by atoms with Crippen molar-refractivity contribution < 1.29 is 17.9 Å². The van der Waals surface area contributed by atoms with Crippen molar-refractivity contribution in [3.8, 4) is 0 Å². The highest BCUT2D eigenvalue weighted by Crippen LogP contribution is 2.53. The molecule has 5 nitrogen and oxygen atoms in total. The molecule has 1 atom stereocenters. The highest BCUT2D eigenvalue weighted by atomic mass is 35.5. The highest BCUT2D eigenvalue weighted by molar-refractivity contribution is 7.88. The topological polar surface area (TPSA) is 72.5 Å². The zero-order valence-corrected chi connectivity index (χ0v) is 14.3. The molecule has 1 aromatic carbocycles. The van der Waals surface area contributed by atoms with Crippen LogP contribution in [0, 0.1) is 5.92 Å². The number of rotatable bonds is 7. The van der Waals surface area contributed by atoms with Crippen LogP contribution in [0.5, 0.6) is 0 Å². The minimum Gasteiger partial charge on any atom is -0.462 e. The van der Waals surface area contributed by atoms with E-state index < -0.39 is 20.3 Å². The van der Waals surface area contributed by atoms with Crippen molar-refractivity contribution in [1.29, 1.82) is 0 Å². The lowest BCUT2D eigenvalue weighted by Gasteiger charge is -2.06. The Bertz CT molecular complexity index is 643. The van der Waals surface area contributed by atoms with Crippen LogP contribution in [0.15, 0.2) is 24.3 Å². The van der Waals surface area contributed by atoms with Crippen LogP contribution >= 0.6 is 23.2 Å². The molecule has 122 valence electrons. The second-order valence-electron chi connectivity index (χ2n) is 5.37. The van der Waals surface area contributed by atoms with Gasteiger partial charge < -0.3 is 4.74 Å². The van der Waals surface area contributed by atoms with E-state index in [4.69, 9.17) is 27.9 Å². The molecular formula is C14H17Cl2NO4S. The van der Waals surface area contributed by atoms with Crippen molar-refractivity contribution >= 4 is 39.2 Å². The quantitative estimate of drug-likeness (QED) is 0.593. The number of carbonyl (C=O) groups is 1. The van der Waals surface area contributed by atoms with Gasteiger partial charge in [0.05, 0.1) is 18.4 Å². The second kappa shape index (κ2) is 6.74. The van der Waals surface area contributed by atoms with E-state index in [1.807, 2.05) is 0 Å². The molecule has 0 aliphatic heterocycles. The molecule has 0 heterocycles. The van der Waals surface area contributed by atoms with Crippen LogP contribution < -0.4 is 4.72 Å². The van der Waals surface area contributed by atoms with Gasteiger partial charge in [0.2, 0.25) is 10.0 Å². The zero-order chi connectivity index (χ0) is 16.4. The van der Waals surface area contributed by atoms with Gasteiger partial charge in [-0.2, -0.15) is 0 Å². The molecule has 1 unspecified atom stereocenters. The first-order valence-electron chi connectivity index (χ1n) is 6.76. The van der Waals surface area contributed by atoms with Crippen molar-refractivity contribution in [1.82, 2.24) is 4.72 Å². The average molecular weight is 366 g/mol. The molecule has 0 saturated heterocycles. The van der Waals surface area contributed by atoms with Gasteiger partial charge in [-0.05, 0) is 30.5 Å². The Morgan fingerprint density at radius 1 is 1.36 bits per heavy atom. The average Bonchev–Trinajstić information content (AvgIpc) is 3.03. The van der Waals surface area contributed by atoms with Gasteiger partial charge in [-0.3, -0.25) is 0 Å². The first kappa shape index (κ1) is 17.5. The van der Waals surface area contributed by atoms with E-state index in [1.165, 1.54) is 0 Å². The zero-order valence-electron chi connectivity index (χ0n) is 12.0. The monoisotopic (exact) mass is 365 g/mol. The number of ether oxygens (including phenoxy) is 1. The van der Waals surface area contributed by atoms with E-state index in [9.17, 15) is 13.2 Å². The van der Waals surface area contributed by atoms with Crippen LogP contribution in [0.3, 0.4) is 0 Å². The number of hydrogen-bond acceptors (Lipinski definition) is 4. The fraction of sp³-hybridized carbons (Fsp3) is 0.500. The van der Waals surface area contributed by atoms with Gasteiger partial charge in [0.25, 0.3) is 0 Å². The van der Waals surface area contributed by atoms with Gasteiger partial charge in [0, 0.05) is 12.5 Å². The molecule has 0 aromatic heterocycles. The number of sulfonamides is 1. The van der Waals surface area contributed by atoms with Crippen molar-refractivity contribution in [2.75, 3.05) is 19.4 Å².